The average Bonchev–Trinajstić information content (AvgIpc) is 3.27. The summed E-state index contributed by atoms with van der Waals surface area (Å²) in [6.45, 7) is 1.55. The van der Waals surface area contributed by atoms with Crippen LogP contribution in [0.4, 0.5) is 9.52 Å². The molecule has 3 aromatic rings. The topological polar surface area (TPSA) is 88.6 Å². The molecule has 7 nitrogen and oxygen atoms in total. The number of carbonyl (C=O) groups excluding carboxylic acids is 1. The Morgan fingerprint density at radius 1 is 1.19 bits per heavy atom. The zero-order valence-electron chi connectivity index (χ0n) is 17.1. The van der Waals surface area contributed by atoms with E-state index >= 15 is 0 Å². The van der Waals surface area contributed by atoms with Crippen molar-refractivity contribution in [2.75, 3.05) is 24.4 Å². The molecule has 1 atom stereocenters. The number of benzene rings is 2. The van der Waals surface area contributed by atoms with Gasteiger partial charge in [0.15, 0.2) is 5.13 Å². The van der Waals surface area contributed by atoms with Crippen LogP contribution in [0.3, 0.4) is 0 Å². The second-order valence-electron chi connectivity index (χ2n) is 7.48. The normalized spacial score (nSPS) is 16.5. The number of thiazole rings is 1. The van der Waals surface area contributed by atoms with Crippen LogP contribution in [-0.4, -0.2) is 43.9 Å². The number of anilines is 1. The first-order valence-electron chi connectivity index (χ1n) is 10.1. The van der Waals surface area contributed by atoms with E-state index in [2.05, 4.69) is 9.71 Å². The van der Waals surface area contributed by atoms with E-state index in [1.165, 1.54) is 24.3 Å². The zero-order valence-corrected chi connectivity index (χ0v) is 18.7. The van der Waals surface area contributed by atoms with Gasteiger partial charge in [-0.15, -0.1) is 11.3 Å². The van der Waals surface area contributed by atoms with Crippen LogP contribution in [0.15, 0.2) is 64.9 Å². The third kappa shape index (κ3) is 5.43. The molecule has 1 saturated heterocycles. The largest absolute Gasteiger partial charge is 0.493 e. The molecule has 1 fully saturated rings. The summed E-state index contributed by atoms with van der Waals surface area (Å²) in [6, 6.07) is 13.8. The van der Waals surface area contributed by atoms with Crippen LogP contribution < -0.4 is 9.46 Å². The van der Waals surface area contributed by atoms with Gasteiger partial charge in [0.1, 0.15) is 17.3 Å². The second kappa shape index (κ2) is 9.66. The first-order valence-corrected chi connectivity index (χ1v) is 12.5. The Labute approximate surface area is 189 Å². The highest BCUT2D eigenvalue weighted by Crippen LogP contribution is 2.24. The third-order valence-electron chi connectivity index (χ3n) is 5.10. The molecule has 1 aromatic heterocycles. The van der Waals surface area contributed by atoms with Gasteiger partial charge in [0.25, 0.3) is 15.9 Å². The van der Waals surface area contributed by atoms with Crippen molar-refractivity contribution in [1.29, 1.82) is 0 Å². The average molecular weight is 476 g/mol. The lowest BCUT2D eigenvalue weighted by Gasteiger charge is -2.32. The van der Waals surface area contributed by atoms with Gasteiger partial charge in [-0.25, -0.2) is 17.8 Å². The predicted molar refractivity (Wildman–Crippen MR) is 120 cm³/mol. The molecular formula is C22H22FN3O4S2. The highest BCUT2D eigenvalue weighted by molar-refractivity contribution is 7.93. The highest BCUT2D eigenvalue weighted by atomic mass is 32.2. The van der Waals surface area contributed by atoms with E-state index in [9.17, 15) is 17.6 Å². The van der Waals surface area contributed by atoms with Crippen molar-refractivity contribution in [3.05, 3.63) is 71.5 Å². The number of halogens is 1. The zero-order chi connectivity index (χ0) is 22.6. The molecule has 2 heterocycles. The molecule has 1 amide bonds. The van der Waals surface area contributed by atoms with Gasteiger partial charge in [-0.3, -0.25) is 9.52 Å². The Balaban J connectivity index is 1.35. The fourth-order valence-electron chi connectivity index (χ4n) is 3.48. The maximum absolute atomic E-state index is 13.0. The molecule has 10 heteroatoms. The van der Waals surface area contributed by atoms with Crippen LogP contribution in [0.2, 0.25) is 0 Å². The summed E-state index contributed by atoms with van der Waals surface area (Å²) in [5, 5.41) is 1.70. The minimum absolute atomic E-state index is 0.128. The molecule has 0 radical (unpaired) electrons. The molecule has 0 aliphatic carbocycles. The summed E-state index contributed by atoms with van der Waals surface area (Å²) in [6.07, 6.45) is 1.75. The van der Waals surface area contributed by atoms with Gasteiger partial charge in [0.05, 0.1) is 11.5 Å². The van der Waals surface area contributed by atoms with Crippen molar-refractivity contribution in [2.24, 2.45) is 5.92 Å². The number of nitrogens with one attached hydrogen (secondary N) is 1. The number of hydrogen-bond donors (Lipinski definition) is 1. The van der Waals surface area contributed by atoms with Crippen LogP contribution in [0, 0.1) is 11.7 Å². The standard InChI is InChI=1S/C22H22FN3O4S2/c23-17-8-10-18(11-9-17)30-14-16-5-4-12-26(13-16)21(27)20-15-31-22(24-20)25-32(28,29)19-6-2-1-3-7-19/h1-3,6-11,15-16H,4-5,12-14H2,(H,24,25). The molecular weight excluding hydrogens is 453 g/mol. The summed E-state index contributed by atoms with van der Waals surface area (Å²) in [5.41, 5.74) is 0.209. The molecule has 4 rings (SSSR count). The molecule has 0 saturated carbocycles. The number of carbonyl (C=O) groups is 1. The number of hydrogen-bond acceptors (Lipinski definition) is 6. The number of likely N-dealkylation sites (tertiary alicyclic amines) is 1. The smallest absolute Gasteiger partial charge is 0.273 e. The second-order valence-corrected chi connectivity index (χ2v) is 10.0. The minimum Gasteiger partial charge on any atom is -0.493 e. The maximum atomic E-state index is 13.0. The Morgan fingerprint density at radius 2 is 1.94 bits per heavy atom. The monoisotopic (exact) mass is 475 g/mol. The van der Waals surface area contributed by atoms with Gasteiger partial charge in [0.2, 0.25) is 0 Å². The first kappa shape index (κ1) is 22.2. The Kier molecular flexibility index (Phi) is 6.71. The van der Waals surface area contributed by atoms with E-state index in [-0.39, 0.29) is 33.4 Å². The van der Waals surface area contributed by atoms with Gasteiger partial charge < -0.3 is 9.64 Å². The molecule has 1 unspecified atom stereocenters. The minimum atomic E-state index is -3.76. The van der Waals surface area contributed by atoms with E-state index in [1.807, 2.05) is 0 Å². The molecule has 0 bridgehead atoms. The summed E-state index contributed by atoms with van der Waals surface area (Å²) in [5.74, 6) is 0.176. The molecule has 0 spiro atoms. The molecule has 1 aliphatic heterocycles. The van der Waals surface area contributed by atoms with Crippen molar-refractivity contribution in [3.63, 3.8) is 0 Å². The molecule has 1 aliphatic rings. The Hall–Kier alpha value is -2.98. The maximum Gasteiger partial charge on any atom is 0.273 e. The van der Waals surface area contributed by atoms with Crippen molar-refractivity contribution in [1.82, 2.24) is 9.88 Å². The van der Waals surface area contributed by atoms with Crippen molar-refractivity contribution < 1.29 is 22.3 Å². The fourth-order valence-corrected chi connectivity index (χ4v) is 5.44. The summed E-state index contributed by atoms with van der Waals surface area (Å²) in [4.78, 5) is 19.0. The Bertz CT molecular complexity index is 1170. The van der Waals surface area contributed by atoms with E-state index in [0.717, 1.165) is 24.2 Å². The molecule has 1 N–H and O–H groups in total. The molecule has 32 heavy (non-hydrogen) atoms. The van der Waals surface area contributed by atoms with Gasteiger partial charge in [-0.2, -0.15) is 0 Å². The van der Waals surface area contributed by atoms with E-state index in [0.29, 0.717) is 25.4 Å². The van der Waals surface area contributed by atoms with Gasteiger partial charge in [0, 0.05) is 24.4 Å². The quantitative estimate of drug-likeness (QED) is 0.558. The van der Waals surface area contributed by atoms with Crippen molar-refractivity contribution >= 4 is 32.4 Å². The number of sulfonamides is 1. The first-order chi connectivity index (χ1) is 15.4. The van der Waals surface area contributed by atoms with Gasteiger partial charge in [-0.05, 0) is 49.2 Å². The lowest BCUT2D eigenvalue weighted by atomic mass is 9.99. The number of rotatable bonds is 7. The van der Waals surface area contributed by atoms with Crippen LogP contribution in [0.25, 0.3) is 0 Å². The third-order valence-corrected chi connectivity index (χ3v) is 7.35. The lowest BCUT2D eigenvalue weighted by Crippen LogP contribution is -2.41. The number of aromatic nitrogens is 1. The highest BCUT2D eigenvalue weighted by Gasteiger charge is 2.27. The lowest BCUT2D eigenvalue weighted by molar-refractivity contribution is 0.0628. The summed E-state index contributed by atoms with van der Waals surface area (Å²) >= 11 is 1.07. The van der Waals surface area contributed by atoms with Crippen LogP contribution in [-0.2, 0) is 10.0 Å². The number of piperidine rings is 1. The summed E-state index contributed by atoms with van der Waals surface area (Å²) in [7, 11) is -3.76. The molecule has 168 valence electrons. The Morgan fingerprint density at radius 3 is 2.69 bits per heavy atom. The van der Waals surface area contributed by atoms with Crippen LogP contribution in [0.5, 0.6) is 5.75 Å². The fraction of sp³-hybridized carbons (Fsp3) is 0.273. The molecule has 2 aromatic carbocycles. The van der Waals surface area contributed by atoms with E-state index < -0.39 is 10.0 Å². The summed E-state index contributed by atoms with van der Waals surface area (Å²) < 4.78 is 46.1. The van der Waals surface area contributed by atoms with E-state index in [1.54, 1.807) is 40.6 Å². The van der Waals surface area contributed by atoms with E-state index in [4.69, 9.17) is 4.74 Å². The van der Waals surface area contributed by atoms with Crippen LogP contribution in [0.1, 0.15) is 23.3 Å². The van der Waals surface area contributed by atoms with Gasteiger partial charge in [-0.1, -0.05) is 18.2 Å². The van der Waals surface area contributed by atoms with Crippen LogP contribution >= 0.6 is 11.3 Å². The van der Waals surface area contributed by atoms with Crippen molar-refractivity contribution in [3.8, 4) is 5.75 Å². The van der Waals surface area contributed by atoms with Crippen molar-refractivity contribution in [2.45, 2.75) is 17.7 Å². The number of nitrogens with zero attached hydrogens (tertiary/aromatic N) is 2. The predicted octanol–water partition coefficient (Wildman–Crippen LogP) is 4.01. The SMILES string of the molecule is O=C(c1csc(NS(=O)(=O)c2ccccc2)n1)N1CCCC(COc2ccc(F)cc2)C1. The number of ether oxygens (including phenoxy) is 1. The number of amides is 1. The van der Waals surface area contributed by atoms with Gasteiger partial charge >= 0.3 is 0 Å².